The van der Waals surface area contributed by atoms with Gasteiger partial charge in [0.05, 0.1) is 0 Å². The predicted octanol–water partition coefficient (Wildman–Crippen LogP) is 3.21. The number of likely N-dealkylation sites (tertiary alicyclic amines) is 1. The summed E-state index contributed by atoms with van der Waals surface area (Å²) in [6.07, 6.45) is 5.02. The van der Waals surface area contributed by atoms with Crippen LogP contribution in [0.4, 0.5) is 4.39 Å². The Kier molecular flexibility index (Phi) is 4.55. The van der Waals surface area contributed by atoms with Crippen LogP contribution in [-0.2, 0) is 0 Å². The number of amides is 1. The molecule has 2 aromatic rings. The van der Waals surface area contributed by atoms with Crippen molar-refractivity contribution in [1.29, 1.82) is 0 Å². The molecular formula is C18H19FN2O2. The molecule has 0 radical (unpaired) electrons. The highest BCUT2D eigenvalue weighted by Crippen LogP contribution is 2.20. The first-order valence-electron chi connectivity index (χ1n) is 7.75. The molecule has 5 heteroatoms. The third-order valence-corrected chi connectivity index (χ3v) is 4.10. The normalized spacial score (nSPS) is 15.5. The zero-order valence-corrected chi connectivity index (χ0v) is 13.0. The Bertz CT molecular complexity index is 683. The average molecular weight is 314 g/mol. The maximum atomic E-state index is 13.6. The summed E-state index contributed by atoms with van der Waals surface area (Å²) in [5.74, 6) is 0.336. The van der Waals surface area contributed by atoms with Gasteiger partial charge in [0.15, 0.2) is 0 Å². The second kappa shape index (κ2) is 6.77. The topological polar surface area (TPSA) is 42.4 Å². The number of aromatic nitrogens is 1. The number of rotatable bonds is 3. The highest BCUT2D eigenvalue weighted by Gasteiger charge is 2.25. The highest BCUT2D eigenvalue weighted by molar-refractivity contribution is 5.94. The van der Waals surface area contributed by atoms with Gasteiger partial charge in [-0.2, -0.15) is 0 Å². The van der Waals surface area contributed by atoms with E-state index < -0.39 is 0 Å². The van der Waals surface area contributed by atoms with E-state index in [2.05, 4.69) is 4.98 Å². The second-order valence-corrected chi connectivity index (χ2v) is 5.76. The van der Waals surface area contributed by atoms with Crippen molar-refractivity contribution >= 4 is 5.91 Å². The molecule has 2 heterocycles. The van der Waals surface area contributed by atoms with E-state index in [1.807, 2.05) is 12.1 Å². The third-order valence-electron chi connectivity index (χ3n) is 4.10. The lowest BCUT2D eigenvalue weighted by Gasteiger charge is -2.32. The van der Waals surface area contributed by atoms with Crippen LogP contribution >= 0.6 is 0 Å². The van der Waals surface area contributed by atoms with Crippen molar-refractivity contribution in [2.45, 2.75) is 25.9 Å². The van der Waals surface area contributed by atoms with Gasteiger partial charge in [-0.05, 0) is 36.8 Å². The van der Waals surface area contributed by atoms with E-state index in [1.54, 1.807) is 36.4 Å². The van der Waals surface area contributed by atoms with Crippen LogP contribution in [0.5, 0.6) is 5.75 Å². The lowest BCUT2D eigenvalue weighted by atomic mass is 10.1. The number of carbonyl (C=O) groups is 1. The van der Waals surface area contributed by atoms with E-state index in [1.165, 1.54) is 6.07 Å². The molecule has 1 aromatic heterocycles. The summed E-state index contributed by atoms with van der Waals surface area (Å²) in [6, 6.07) is 8.29. The van der Waals surface area contributed by atoms with Crippen LogP contribution in [0.3, 0.4) is 0 Å². The lowest BCUT2D eigenvalue weighted by Crippen LogP contribution is -2.41. The first-order valence-corrected chi connectivity index (χ1v) is 7.75. The zero-order valence-electron chi connectivity index (χ0n) is 13.0. The van der Waals surface area contributed by atoms with Crippen LogP contribution < -0.4 is 4.74 Å². The molecular weight excluding hydrogens is 295 g/mol. The van der Waals surface area contributed by atoms with Crippen LogP contribution in [-0.4, -0.2) is 35.0 Å². The van der Waals surface area contributed by atoms with Crippen LogP contribution in [0, 0.1) is 12.7 Å². The Labute approximate surface area is 134 Å². The van der Waals surface area contributed by atoms with E-state index in [0.717, 1.165) is 18.6 Å². The first kappa shape index (κ1) is 15.5. The van der Waals surface area contributed by atoms with Gasteiger partial charge < -0.3 is 9.64 Å². The van der Waals surface area contributed by atoms with Gasteiger partial charge in [0.25, 0.3) is 5.91 Å². The summed E-state index contributed by atoms with van der Waals surface area (Å²) in [7, 11) is 0. The fraction of sp³-hybridized carbons (Fsp3) is 0.333. The summed E-state index contributed by atoms with van der Waals surface area (Å²) >= 11 is 0. The lowest BCUT2D eigenvalue weighted by molar-refractivity contribution is 0.0595. The van der Waals surface area contributed by atoms with Crippen molar-refractivity contribution in [1.82, 2.24) is 9.88 Å². The minimum absolute atomic E-state index is 0.0937. The SMILES string of the molecule is Cc1ccc(C(=O)N2CCC(Oc3ccncc3)CC2)cc1F. The molecule has 23 heavy (non-hydrogen) atoms. The smallest absolute Gasteiger partial charge is 0.253 e. The van der Waals surface area contributed by atoms with Gasteiger partial charge >= 0.3 is 0 Å². The molecule has 1 fully saturated rings. The minimum atomic E-state index is -0.341. The molecule has 1 amide bonds. The van der Waals surface area contributed by atoms with Gasteiger partial charge in [0.2, 0.25) is 0 Å². The quantitative estimate of drug-likeness (QED) is 0.873. The molecule has 0 saturated carbocycles. The minimum Gasteiger partial charge on any atom is -0.490 e. The van der Waals surface area contributed by atoms with Crippen molar-refractivity contribution in [2.75, 3.05) is 13.1 Å². The number of piperidine rings is 1. The summed E-state index contributed by atoms with van der Waals surface area (Å²) in [5, 5.41) is 0. The molecule has 0 atom stereocenters. The number of aryl methyl sites for hydroxylation is 1. The number of pyridine rings is 1. The standard InChI is InChI=1S/C18H19FN2O2/c1-13-2-3-14(12-17(13)19)18(22)21-10-6-16(7-11-21)23-15-4-8-20-9-5-15/h2-5,8-9,12,16H,6-7,10-11H2,1H3. The molecule has 1 aliphatic heterocycles. The molecule has 1 aliphatic rings. The van der Waals surface area contributed by atoms with E-state index in [9.17, 15) is 9.18 Å². The van der Waals surface area contributed by atoms with Crippen LogP contribution in [0.2, 0.25) is 0 Å². The summed E-state index contributed by atoms with van der Waals surface area (Å²) in [6.45, 7) is 2.92. The Balaban J connectivity index is 1.58. The fourth-order valence-electron chi connectivity index (χ4n) is 2.69. The number of hydrogen-bond donors (Lipinski definition) is 0. The van der Waals surface area contributed by atoms with Crippen molar-refractivity contribution in [2.24, 2.45) is 0 Å². The fourth-order valence-corrected chi connectivity index (χ4v) is 2.69. The third kappa shape index (κ3) is 3.67. The highest BCUT2D eigenvalue weighted by atomic mass is 19.1. The van der Waals surface area contributed by atoms with Gasteiger partial charge in [0, 0.05) is 43.9 Å². The molecule has 1 aromatic carbocycles. The summed E-state index contributed by atoms with van der Waals surface area (Å²) in [5.41, 5.74) is 0.951. The summed E-state index contributed by atoms with van der Waals surface area (Å²) < 4.78 is 19.5. The number of carbonyl (C=O) groups excluding carboxylic acids is 1. The Hall–Kier alpha value is -2.43. The van der Waals surface area contributed by atoms with Crippen LogP contribution in [0.25, 0.3) is 0 Å². The van der Waals surface area contributed by atoms with Crippen LogP contribution in [0.1, 0.15) is 28.8 Å². The van der Waals surface area contributed by atoms with Gasteiger partial charge in [-0.15, -0.1) is 0 Å². The van der Waals surface area contributed by atoms with Crippen molar-refractivity contribution < 1.29 is 13.9 Å². The molecule has 0 spiro atoms. The molecule has 1 saturated heterocycles. The van der Waals surface area contributed by atoms with Crippen molar-refractivity contribution in [3.05, 3.63) is 59.7 Å². The van der Waals surface area contributed by atoms with E-state index >= 15 is 0 Å². The Morgan fingerprint density at radius 3 is 2.57 bits per heavy atom. The first-order chi connectivity index (χ1) is 11.1. The number of benzene rings is 1. The zero-order chi connectivity index (χ0) is 16.2. The molecule has 0 unspecified atom stereocenters. The molecule has 3 rings (SSSR count). The van der Waals surface area contributed by atoms with Crippen molar-refractivity contribution in [3.63, 3.8) is 0 Å². The van der Waals surface area contributed by atoms with Crippen molar-refractivity contribution in [3.8, 4) is 5.75 Å². The van der Waals surface area contributed by atoms with E-state index in [-0.39, 0.29) is 17.8 Å². The second-order valence-electron chi connectivity index (χ2n) is 5.76. The van der Waals surface area contributed by atoms with Gasteiger partial charge in [-0.1, -0.05) is 6.07 Å². The van der Waals surface area contributed by atoms with Gasteiger partial charge in [-0.25, -0.2) is 4.39 Å². The predicted molar refractivity (Wildman–Crippen MR) is 84.9 cm³/mol. The Morgan fingerprint density at radius 1 is 1.22 bits per heavy atom. The molecule has 0 N–H and O–H groups in total. The average Bonchev–Trinajstić information content (AvgIpc) is 2.58. The van der Waals surface area contributed by atoms with E-state index in [4.69, 9.17) is 4.74 Å². The van der Waals surface area contributed by atoms with Crippen LogP contribution in [0.15, 0.2) is 42.7 Å². The molecule has 120 valence electrons. The molecule has 0 bridgehead atoms. The number of ether oxygens (including phenoxy) is 1. The number of hydrogen-bond acceptors (Lipinski definition) is 3. The monoisotopic (exact) mass is 314 g/mol. The summed E-state index contributed by atoms with van der Waals surface area (Å²) in [4.78, 5) is 18.2. The maximum absolute atomic E-state index is 13.6. The molecule has 0 aliphatic carbocycles. The Morgan fingerprint density at radius 2 is 1.91 bits per heavy atom. The maximum Gasteiger partial charge on any atom is 0.253 e. The van der Waals surface area contributed by atoms with E-state index in [0.29, 0.717) is 24.2 Å². The van der Waals surface area contributed by atoms with Gasteiger partial charge in [0.1, 0.15) is 17.7 Å². The molecule has 4 nitrogen and oxygen atoms in total. The number of nitrogens with zero attached hydrogens (tertiary/aromatic N) is 2. The number of halogens is 1. The van der Waals surface area contributed by atoms with Gasteiger partial charge in [-0.3, -0.25) is 9.78 Å². The largest absolute Gasteiger partial charge is 0.490 e.